The van der Waals surface area contributed by atoms with Gasteiger partial charge >= 0.3 is 0 Å². The third kappa shape index (κ3) is 4.25. The van der Waals surface area contributed by atoms with Gasteiger partial charge < -0.3 is 14.7 Å². The smallest absolute Gasteiger partial charge is 0.254 e. The molecule has 1 amide bonds. The molecule has 3 aliphatic rings. The Balaban J connectivity index is 1.47. The van der Waals surface area contributed by atoms with E-state index in [1.54, 1.807) is 0 Å². The summed E-state index contributed by atoms with van der Waals surface area (Å²) in [6.45, 7) is 7.83. The molecule has 0 radical (unpaired) electrons. The lowest BCUT2D eigenvalue weighted by Crippen LogP contribution is -2.41. The highest BCUT2D eigenvalue weighted by atomic mass is 16.2. The van der Waals surface area contributed by atoms with Crippen LogP contribution in [0.25, 0.3) is 0 Å². The van der Waals surface area contributed by atoms with Gasteiger partial charge in [-0.05, 0) is 50.2 Å². The predicted octanol–water partition coefficient (Wildman–Crippen LogP) is 3.90. The van der Waals surface area contributed by atoms with Crippen LogP contribution >= 0.6 is 0 Å². The van der Waals surface area contributed by atoms with Crippen molar-refractivity contribution in [1.82, 2.24) is 14.9 Å². The van der Waals surface area contributed by atoms with E-state index in [1.165, 1.54) is 32.1 Å². The van der Waals surface area contributed by atoms with E-state index >= 15 is 0 Å². The topological polar surface area (TPSA) is 52.6 Å². The summed E-state index contributed by atoms with van der Waals surface area (Å²) in [5, 5.41) is 0. The monoisotopic (exact) mass is 419 g/mol. The van der Waals surface area contributed by atoms with E-state index in [2.05, 4.69) is 16.7 Å². The van der Waals surface area contributed by atoms with Gasteiger partial charge in [0.2, 0.25) is 5.95 Å². The lowest BCUT2D eigenvalue weighted by molar-refractivity contribution is 0.0733. The van der Waals surface area contributed by atoms with E-state index in [0.29, 0.717) is 13.1 Å². The molecule has 0 N–H and O–H groups in total. The molecule has 0 saturated carbocycles. The van der Waals surface area contributed by atoms with Crippen molar-refractivity contribution in [1.29, 1.82) is 0 Å². The van der Waals surface area contributed by atoms with Crippen molar-refractivity contribution in [3.63, 3.8) is 0 Å². The van der Waals surface area contributed by atoms with Crippen LogP contribution < -0.4 is 9.80 Å². The van der Waals surface area contributed by atoms with E-state index in [0.717, 1.165) is 67.1 Å². The summed E-state index contributed by atoms with van der Waals surface area (Å²) in [6, 6.07) is 9.62. The van der Waals surface area contributed by atoms with Crippen LogP contribution in [0.2, 0.25) is 0 Å². The van der Waals surface area contributed by atoms with Crippen LogP contribution in [0.15, 0.2) is 30.3 Å². The Morgan fingerprint density at radius 1 is 0.903 bits per heavy atom. The molecule has 1 aromatic heterocycles. The molecule has 0 unspecified atom stereocenters. The molecule has 6 nitrogen and oxygen atoms in total. The first kappa shape index (κ1) is 20.3. The van der Waals surface area contributed by atoms with Crippen LogP contribution in [0.5, 0.6) is 0 Å². The second-order valence-electron chi connectivity index (χ2n) is 9.33. The van der Waals surface area contributed by atoms with E-state index in [4.69, 9.17) is 9.97 Å². The van der Waals surface area contributed by atoms with Gasteiger partial charge in [-0.15, -0.1) is 0 Å². The van der Waals surface area contributed by atoms with Gasteiger partial charge in [-0.25, -0.2) is 4.98 Å². The quantitative estimate of drug-likeness (QED) is 0.755. The maximum atomic E-state index is 13.1. The van der Waals surface area contributed by atoms with Gasteiger partial charge in [0.15, 0.2) is 0 Å². The highest BCUT2D eigenvalue weighted by molar-refractivity contribution is 5.94. The molecular formula is C25H33N5O. The molecule has 2 aromatic rings. The Bertz CT molecular complexity index is 917. The first-order valence-electron chi connectivity index (χ1n) is 11.9. The van der Waals surface area contributed by atoms with Gasteiger partial charge in [-0.1, -0.05) is 25.1 Å². The Labute approximate surface area is 185 Å². The molecule has 0 aliphatic carbocycles. The van der Waals surface area contributed by atoms with Gasteiger partial charge in [0, 0.05) is 50.3 Å². The van der Waals surface area contributed by atoms with Crippen molar-refractivity contribution in [3.05, 3.63) is 47.2 Å². The van der Waals surface area contributed by atoms with Gasteiger partial charge in [0.25, 0.3) is 5.91 Å². The predicted molar refractivity (Wildman–Crippen MR) is 124 cm³/mol. The molecular weight excluding hydrogens is 386 g/mol. The lowest BCUT2D eigenvalue weighted by Gasteiger charge is -2.37. The maximum Gasteiger partial charge on any atom is 0.254 e. The third-order valence-corrected chi connectivity index (χ3v) is 7.06. The Morgan fingerprint density at radius 2 is 1.65 bits per heavy atom. The SMILES string of the molecule is CC1CCN(c2nc(N3CCCCC3)nc3c2CN(C(=O)c2ccccc2)CC3)CC1. The van der Waals surface area contributed by atoms with Crippen molar-refractivity contribution in [2.75, 3.05) is 42.5 Å². The minimum atomic E-state index is 0.101. The number of nitrogens with zero attached hydrogens (tertiary/aromatic N) is 5. The molecule has 4 heterocycles. The van der Waals surface area contributed by atoms with Crippen molar-refractivity contribution >= 4 is 17.7 Å². The number of hydrogen-bond donors (Lipinski definition) is 0. The number of fused-ring (bicyclic) bond motifs is 1. The largest absolute Gasteiger partial charge is 0.356 e. The number of anilines is 2. The van der Waals surface area contributed by atoms with Crippen LogP contribution in [0, 0.1) is 5.92 Å². The number of amides is 1. The van der Waals surface area contributed by atoms with Crippen LogP contribution in [0.4, 0.5) is 11.8 Å². The molecule has 31 heavy (non-hydrogen) atoms. The third-order valence-electron chi connectivity index (χ3n) is 7.06. The average molecular weight is 420 g/mol. The Hall–Kier alpha value is -2.63. The van der Waals surface area contributed by atoms with Crippen molar-refractivity contribution in [2.24, 2.45) is 5.92 Å². The number of benzene rings is 1. The number of aromatic nitrogens is 2. The van der Waals surface area contributed by atoms with Gasteiger partial charge in [-0.2, -0.15) is 4.98 Å². The number of rotatable bonds is 3. The van der Waals surface area contributed by atoms with Crippen LogP contribution in [0.1, 0.15) is 60.6 Å². The van der Waals surface area contributed by atoms with E-state index in [1.807, 2.05) is 35.2 Å². The first-order chi connectivity index (χ1) is 15.2. The fourth-order valence-corrected chi connectivity index (χ4v) is 5.04. The van der Waals surface area contributed by atoms with Crippen LogP contribution in [-0.4, -0.2) is 53.5 Å². The number of piperidine rings is 2. The van der Waals surface area contributed by atoms with E-state index in [-0.39, 0.29) is 5.91 Å². The van der Waals surface area contributed by atoms with Gasteiger partial charge in [0.1, 0.15) is 5.82 Å². The zero-order chi connectivity index (χ0) is 21.2. The fourth-order valence-electron chi connectivity index (χ4n) is 5.04. The van der Waals surface area contributed by atoms with Crippen LogP contribution in [0.3, 0.4) is 0 Å². The molecule has 5 rings (SSSR count). The van der Waals surface area contributed by atoms with Crippen LogP contribution in [-0.2, 0) is 13.0 Å². The minimum absolute atomic E-state index is 0.101. The second-order valence-corrected chi connectivity index (χ2v) is 9.33. The number of carbonyl (C=O) groups excluding carboxylic acids is 1. The standard InChI is InChI=1S/C25H33N5O/c1-19-10-15-28(16-11-19)23-21-18-30(24(31)20-8-4-2-5-9-20)17-12-22(21)26-25(27-23)29-13-6-3-7-14-29/h2,4-5,8-9,19H,3,6-7,10-18H2,1H3. The van der Waals surface area contributed by atoms with Crippen molar-refractivity contribution in [3.8, 4) is 0 Å². The molecule has 1 aromatic carbocycles. The van der Waals surface area contributed by atoms with Crippen molar-refractivity contribution in [2.45, 2.75) is 52.0 Å². The highest BCUT2D eigenvalue weighted by Gasteiger charge is 2.30. The number of hydrogen-bond acceptors (Lipinski definition) is 5. The summed E-state index contributed by atoms with van der Waals surface area (Å²) in [5.74, 6) is 2.84. The Kier molecular flexibility index (Phi) is 5.79. The summed E-state index contributed by atoms with van der Waals surface area (Å²) in [4.78, 5) is 30.1. The average Bonchev–Trinajstić information content (AvgIpc) is 2.84. The summed E-state index contributed by atoms with van der Waals surface area (Å²) in [5.41, 5.74) is 3.05. The van der Waals surface area contributed by atoms with Gasteiger partial charge in [-0.3, -0.25) is 4.79 Å². The fraction of sp³-hybridized carbons (Fsp3) is 0.560. The molecule has 164 valence electrons. The normalized spacial score (nSPS) is 20.0. The molecule has 6 heteroatoms. The minimum Gasteiger partial charge on any atom is -0.356 e. The zero-order valence-electron chi connectivity index (χ0n) is 18.6. The lowest BCUT2D eigenvalue weighted by atomic mass is 9.98. The van der Waals surface area contributed by atoms with Gasteiger partial charge in [0.05, 0.1) is 12.2 Å². The molecule has 0 atom stereocenters. The maximum absolute atomic E-state index is 13.1. The molecule has 2 fully saturated rings. The summed E-state index contributed by atoms with van der Waals surface area (Å²) in [6.07, 6.45) is 6.94. The highest BCUT2D eigenvalue weighted by Crippen LogP contribution is 2.32. The first-order valence-corrected chi connectivity index (χ1v) is 11.9. The van der Waals surface area contributed by atoms with Crippen molar-refractivity contribution < 1.29 is 4.79 Å². The summed E-state index contributed by atoms with van der Waals surface area (Å²) >= 11 is 0. The number of carbonyl (C=O) groups is 1. The second kappa shape index (κ2) is 8.85. The molecule has 2 saturated heterocycles. The Morgan fingerprint density at radius 3 is 2.39 bits per heavy atom. The molecule has 0 bridgehead atoms. The van der Waals surface area contributed by atoms with E-state index in [9.17, 15) is 4.79 Å². The molecule has 0 spiro atoms. The summed E-state index contributed by atoms with van der Waals surface area (Å²) in [7, 11) is 0. The zero-order valence-corrected chi connectivity index (χ0v) is 18.6. The van der Waals surface area contributed by atoms with E-state index < -0.39 is 0 Å². The summed E-state index contributed by atoms with van der Waals surface area (Å²) < 4.78 is 0. The molecule has 3 aliphatic heterocycles.